The summed E-state index contributed by atoms with van der Waals surface area (Å²) >= 11 is 0. The molecule has 15 heavy (non-hydrogen) atoms. The van der Waals surface area contributed by atoms with E-state index in [-0.39, 0.29) is 19.1 Å². The fourth-order valence-electron chi connectivity index (χ4n) is 1.17. The van der Waals surface area contributed by atoms with Crippen LogP contribution in [0, 0.1) is 0 Å². The van der Waals surface area contributed by atoms with Crippen molar-refractivity contribution in [1.82, 2.24) is 0 Å². The highest BCUT2D eigenvalue weighted by atomic mass is 32.2. The molecule has 8 heteroatoms. The molecule has 0 spiro atoms. The fraction of sp³-hybridized carbons (Fsp3) is 1.00. The van der Waals surface area contributed by atoms with Crippen LogP contribution in [-0.2, 0) is 19.0 Å². The maximum absolute atomic E-state index is 11.9. The lowest BCUT2D eigenvalue weighted by molar-refractivity contribution is -0.0730. The summed E-state index contributed by atoms with van der Waals surface area (Å²) in [5.41, 5.74) is -5.37. The normalized spacial score (nSPS) is 29.1. The van der Waals surface area contributed by atoms with Gasteiger partial charge in [0.05, 0.1) is 12.7 Å². The molecular formula is C7H11F3O4S. The highest BCUT2D eigenvalue weighted by molar-refractivity contribution is 7.87. The van der Waals surface area contributed by atoms with Crippen molar-refractivity contribution >= 4 is 10.1 Å². The standard InChI is InChI=1S/C7H11F3O4S/c1-5-2-3-6(4-13-5)14-15(11,12)7(8,9)10/h5-6H,2-4H2,1H3/t5-,6?/m0/s1. The number of ether oxygens (including phenoxy) is 1. The molecule has 1 heterocycles. The Morgan fingerprint density at radius 1 is 1.33 bits per heavy atom. The lowest BCUT2D eigenvalue weighted by Crippen LogP contribution is -2.36. The van der Waals surface area contributed by atoms with E-state index in [1.807, 2.05) is 0 Å². The maximum Gasteiger partial charge on any atom is 0.523 e. The molecule has 0 saturated carbocycles. The van der Waals surface area contributed by atoms with Crippen molar-refractivity contribution in [1.29, 1.82) is 0 Å². The van der Waals surface area contributed by atoms with Gasteiger partial charge in [0.15, 0.2) is 0 Å². The highest BCUT2D eigenvalue weighted by Gasteiger charge is 2.48. The first-order valence-electron chi connectivity index (χ1n) is 4.33. The summed E-state index contributed by atoms with van der Waals surface area (Å²) in [6.45, 7) is 1.63. The minimum atomic E-state index is -5.49. The fourth-order valence-corrected chi connectivity index (χ4v) is 1.79. The molecular weight excluding hydrogens is 237 g/mol. The van der Waals surface area contributed by atoms with Gasteiger partial charge < -0.3 is 4.74 Å². The van der Waals surface area contributed by atoms with Crippen molar-refractivity contribution in [3.8, 4) is 0 Å². The molecule has 2 atom stereocenters. The van der Waals surface area contributed by atoms with Gasteiger partial charge in [0.25, 0.3) is 0 Å². The Kier molecular flexibility index (Phi) is 3.62. The SMILES string of the molecule is C[C@H]1CCC(OS(=O)(=O)C(F)(F)F)CO1. The summed E-state index contributed by atoms with van der Waals surface area (Å²) in [6, 6.07) is 0. The molecule has 0 aromatic rings. The molecule has 1 rings (SSSR count). The zero-order chi connectivity index (χ0) is 11.7. The maximum atomic E-state index is 11.9. The van der Waals surface area contributed by atoms with Crippen LogP contribution in [0.1, 0.15) is 19.8 Å². The third-order valence-corrected chi connectivity index (χ3v) is 3.10. The summed E-state index contributed by atoms with van der Waals surface area (Å²) in [4.78, 5) is 0. The Morgan fingerprint density at radius 2 is 1.93 bits per heavy atom. The van der Waals surface area contributed by atoms with Gasteiger partial charge in [0, 0.05) is 0 Å². The van der Waals surface area contributed by atoms with E-state index in [1.54, 1.807) is 6.92 Å². The molecule has 1 unspecified atom stereocenters. The van der Waals surface area contributed by atoms with E-state index in [4.69, 9.17) is 4.74 Å². The highest BCUT2D eigenvalue weighted by Crippen LogP contribution is 2.28. The molecule has 90 valence electrons. The quantitative estimate of drug-likeness (QED) is 0.548. The second-order valence-electron chi connectivity index (χ2n) is 3.34. The topological polar surface area (TPSA) is 52.6 Å². The lowest BCUT2D eigenvalue weighted by Gasteiger charge is -2.26. The van der Waals surface area contributed by atoms with Gasteiger partial charge in [-0.3, -0.25) is 4.18 Å². The van der Waals surface area contributed by atoms with Crippen molar-refractivity contribution < 1.29 is 30.5 Å². The average Bonchev–Trinajstić information content (AvgIpc) is 2.06. The second-order valence-corrected chi connectivity index (χ2v) is 4.90. The van der Waals surface area contributed by atoms with E-state index >= 15 is 0 Å². The number of rotatable bonds is 2. The Morgan fingerprint density at radius 3 is 2.33 bits per heavy atom. The Hall–Kier alpha value is -0.340. The average molecular weight is 248 g/mol. The Balaban J connectivity index is 2.56. The van der Waals surface area contributed by atoms with Gasteiger partial charge in [-0.05, 0) is 19.8 Å². The molecule has 0 amide bonds. The summed E-state index contributed by atoms with van der Waals surface area (Å²) in [7, 11) is -5.49. The van der Waals surface area contributed by atoms with Gasteiger partial charge in [-0.2, -0.15) is 21.6 Å². The van der Waals surface area contributed by atoms with Crippen LogP contribution >= 0.6 is 0 Å². The van der Waals surface area contributed by atoms with Crippen LogP contribution in [0.15, 0.2) is 0 Å². The van der Waals surface area contributed by atoms with Crippen molar-refractivity contribution in [2.75, 3.05) is 6.61 Å². The van der Waals surface area contributed by atoms with Crippen LogP contribution < -0.4 is 0 Å². The predicted molar refractivity (Wildman–Crippen MR) is 44.5 cm³/mol. The van der Waals surface area contributed by atoms with E-state index in [0.29, 0.717) is 6.42 Å². The van der Waals surface area contributed by atoms with E-state index in [2.05, 4.69) is 4.18 Å². The van der Waals surface area contributed by atoms with E-state index in [0.717, 1.165) is 0 Å². The van der Waals surface area contributed by atoms with Crippen molar-refractivity contribution in [3.63, 3.8) is 0 Å². The van der Waals surface area contributed by atoms with Crippen LogP contribution in [0.25, 0.3) is 0 Å². The van der Waals surface area contributed by atoms with Gasteiger partial charge in [0.1, 0.15) is 6.10 Å². The smallest absolute Gasteiger partial charge is 0.376 e. The number of alkyl halides is 3. The molecule has 0 bridgehead atoms. The van der Waals surface area contributed by atoms with Crippen LogP contribution in [-0.4, -0.2) is 32.7 Å². The second kappa shape index (κ2) is 4.26. The van der Waals surface area contributed by atoms with Crippen LogP contribution in [0.2, 0.25) is 0 Å². The monoisotopic (exact) mass is 248 g/mol. The summed E-state index contributed by atoms with van der Waals surface area (Å²) in [5, 5.41) is 0. The van der Waals surface area contributed by atoms with E-state index in [9.17, 15) is 21.6 Å². The summed E-state index contributed by atoms with van der Waals surface area (Å²) < 4.78 is 65.9. The molecule has 0 N–H and O–H groups in total. The largest absolute Gasteiger partial charge is 0.523 e. The van der Waals surface area contributed by atoms with Gasteiger partial charge in [-0.15, -0.1) is 0 Å². The van der Waals surface area contributed by atoms with E-state index in [1.165, 1.54) is 0 Å². The molecule has 0 radical (unpaired) electrons. The van der Waals surface area contributed by atoms with Gasteiger partial charge >= 0.3 is 15.6 Å². The predicted octanol–water partition coefficient (Wildman–Crippen LogP) is 1.42. The molecule has 1 aliphatic heterocycles. The van der Waals surface area contributed by atoms with Gasteiger partial charge in [-0.1, -0.05) is 0 Å². The first-order valence-corrected chi connectivity index (χ1v) is 5.74. The summed E-state index contributed by atoms with van der Waals surface area (Å²) in [5.74, 6) is 0. The van der Waals surface area contributed by atoms with Gasteiger partial charge in [0.2, 0.25) is 0 Å². The van der Waals surface area contributed by atoms with Gasteiger partial charge in [-0.25, -0.2) is 0 Å². The van der Waals surface area contributed by atoms with Crippen LogP contribution in [0.5, 0.6) is 0 Å². The molecule has 0 aromatic heterocycles. The lowest BCUT2D eigenvalue weighted by atomic mass is 10.1. The van der Waals surface area contributed by atoms with Crippen molar-refractivity contribution in [2.45, 2.75) is 37.5 Å². The number of hydrogen-bond donors (Lipinski definition) is 0. The number of hydrogen-bond acceptors (Lipinski definition) is 4. The molecule has 0 aromatic carbocycles. The van der Waals surface area contributed by atoms with Crippen LogP contribution in [0.4, 0.5) is 13.2 Å². The molecule has 1 saturated heterocycles. The number of halogens is 3. The minimum absolute atomic E-state index is 0.0709. The third kappa shape index (κ3) is 3.32. The summed E-state index contributed by atoms with van der Waals surface area (Å²) in [6.07, 6.45) is -0.375. The molecule has 1 aliphatic rings. The molecule has 0 aliphatic carbocycles. The first-order chi connectivity index (χ1) is 6.72. The Labute approximate surface area is 85.5 Å². The van der Waals surface area contributed by atoms with Crippen molar-refractivity contribution in [2.24, 2.45) is 0 Å². The zero-order valence-electron chi connectivity index (χ0n) is 7.95. The van der Waals surface area contributed by atoms with Crippen molar-refractivity contribution in [3.05, 3.63) is 0 Å². The first kappa shape index (κ1) is 12.7. The van der Waals surface area contributed by atoms with E-state index < -0.39 is 21.7 Å². The molecule has 1 fully saturated rings. The Bertz CT molecular complexity index is 303. The third-order valence-electron chi connectivity index (χ3n) is 2.01. The zero-order valence-corrected chi connectivity index (χ0v) is 8.77. The minimum Gasteiger partial charge on any atom is -0.376 e. The van der Waals surface area contributed by atoms with Crippen LogP contribution in [0.3, 0.4) is 0 Å². The molecule has 4 nitrogen and oxygen atoms in total.